The summed E-state index contributed by atoms with van der Waals surface area (Å²) < 4.78 is 39.5. The molecule has 0 aliphatic heterocycles. The molecule has 3 rings (SSSR count). The summed E-state index contributed by atoms with van der Waals surface area (Å²) >= 11 is 0. The van der Waals surface area contributed by atoms with E-state index in [1.165, 1.54) is 13.0 Å². The van der Waals surface area contributed by atoms with Gasteiger partial charge in [0, 0.05) is 16.7 Å². The molecule has 0 aliphatic rings. The van der Waals surface area contributed by atoms with Crippen LogP contribution in [0.3, 0.4) is 0 Å². The Morgan fingerprint density at radius 1 is 0.958 bits per heavy atom. The van der Waals surface area contributed by atoms with Gasteiger partial charge in [0.25, 0.3) is 0 Å². The minimum absolute atomic E-state index is 0.209. The highest BCUT2D eigenvalue weighted by Gasteiger charge is 2.33. The summed E-state index contributed by atoms with van der Waals surface area (Å²) in [7, 11) is 0. The van der Waals surface area contributed by atoms with E-state index in [0.29, 0.717) is 17.1 Å². The van der Waals surface area contributed by atoms with Crippen molar-refractivity contribution >= 4 is 16.6 Å². The lowest BCUT2D eigenvalue weighted by Crippen LogP contribution is -2.12. The molecule has 3 aromatic rings. The van der Waals surface area contributed by atoms with E-state index in [-0.39, 0.29) is 11.5 Å². The molecule has 0 amide bonds. The molecule has 0 bridgehead atoms. The van der Waals surface area contributed by atoms with E-state index < -0.39 is 11.7 Å². The molecule has 0 radical (unpaired) electrons. The SMILES string of the molecule is Cc1c(C(C)c2nnc(N)c3ccccc23)cccc1C(F)(F)F. The lowest BCUT2D eigenvalue weighted by Gasteiger charge is -2.19. The quantitative estimate of drug-likeness (QED) is 0.741. The van der Waals surface area contributed by atoms with Crippen LogP contribution in [0.25, 0.3) is 10.8 Å². The largest absolute Gasteiger partial charge is 0.416 e. The standard InChI is InChI=1S/C18H16F3N3/c1-10-12(8-5-9-15(10)18(19,20)21)11(2)16-13-6-3-4-7-14(13)17(22)24-23-16/h3-9,11H,1-2H3,(H2,22,24). The molecule has 2 N–H and O–H groups in total. The van der Waals surface area contributed by atoms with Crippen molar-refractivity contribution < 1.29 is 13.2 Å². The van der Waals surface area contributed by atoms with Gasteiger partial charge in [-0.2, -0.15) is 18.3 Å². The monoisotopic (exact) mass is 331 g/mol. The van der Waals surface area contributed by atoms with E-state index in [0.717, 1.165) is 16.8 Å². The second-order valence-corrected chi connectivity index (χ2v) is 5.76. The Hall–Kier alpha value is -2.63. The summed E-state index contributed by atoms with van der Waals surface area (Å²) in [6.07, 6.45) is -4.38. The van der Waals surface area contributed by atoms with Gasteiger partial charge in [-0.25, -0.2) is 0 Å². The number of benzene rings is 2. The second kappa shape index (κ2) is 5.78. The maximum absolute atomic E-state index is 13.2. The van der Waals surface area contributed by atoms with Crippen LogP contribution in [0.4, 0.5) is 19.0 Å². The predicted molar refractivity (Wildman–Crippen MR) is 87.6 cm³/mol. The van der Waals surface area contributed by atoms with Crippen molar-refractivity contribution in [2.75, 3.05) is 5.73 Å². The fourth-order valence-corrected chi connectivity index (χ4v) is 3.04. The molecule has 1 atom stereocenters. The Balaban J connectivity index is 2.18. The van der Waals surface area contributed by atoms with E-state index in [1.807, 2.05) is 31.2 Å². The van der Waals surface area contributed by atoms with E-state index in [2.05, 4.69) is 10.2 Å². The van der Waals surface area contributed by atoms with Gasteiger partial charge in [0.15, 0.2) is 5.82 Å². The predicted octanol–water partition coefficient (Wildman–Crippen LogP) is 4.69. The minimum atomic E-state index is -4.38. The highest BCUT2D eigenvalue weighted by Crippen LogP contribution is 2.37. The van der Waals surface area contributed by atoms with Gasteiger partial charge in [-0.3, -0.25) is 0 Å². The molecule has 6 heteroatoms. The van der Waals surface area contributed by atoms with Crippen molar-refractivity contribution in [1.29, 1.82) is 0 Å². The zero-order valence-electron chi connectivity index (χ0n) is 13.2. The van der Waals surface area contributed by atoms with Gasteiger partial charge in [0.05, 0.1) is 11.3 Å². The van der Waals surface area contributed by atoms with Crippen molar-refractivity contribution in [3.05, 3.63) is 64.8 Å². The van der Waals surface area contributed by atoms with Gasteiger partial charge in [0.2, 0.25) is 0 Å². The van der Waals surface area contributed by atoms with Crippen molar-refractivity contribution in [1.82, 2.24) is 10.2 Å². The Morgan fingerprint density at radius 2 is 1.62 bits per heavy atom. The van der Waals surface area contributed by atoms with Gasteiger partial charge in [-0.15, -0.1) is 5.10 Å². The fraction of sp³-hybridized carbons (Fsp3) is 0.222. The first-order valence-corrected chi connectivity index (χ1v) is 7.48. The van der Waals surface area contributed by atoms with Crippen LogP contribution in [-0.4, -0.2) is 10.2 Å². The number of anilines is 1. The first-order valence-electron chi connectivity index (χ1n) is 7.48. The average Bonchev–Trinajstić information content (AvgIpc) is 2.54. The van der Waals surface area contributed by atoms with Crippen LogP contribution in [0.15, 0.2) is 42.5 Å². The molecule has 124 valence electrons. The van der Waals surface area contributed by atoms with Crippen LogP contribution in [0.1, 0.15) is 35.2 Å². The summed E-state index contributed by atoms with van der Waals surface area (Å²) in [4.78, 5) is 0. The van der Waals surface area contributed by atoms with Crippen LogP contribution in [0, 0.1) is 6.92 Å². The lowest BCUT2D eigenvalue weighted by molar-refractivity contribution is -0.138. The van der Waals surface area contributed by atoms with Crippen LogP contribution in [0.2, 0.25) is 0 Å². The van der Waals surface area contributed by atoms with Crippen molar-refractivity contribution in [3.8, 4) is 0 Å². The molecule has 0 spiro atoms. The fourth-order valence-electron chi connectivity index (χ4n) is 3.04. The summed E-state index contributed by atoms with van der Waals surface area (Å²) in [5.41, 5.74) is 6.63. The Kier molecular flexibility index (Phi) is 3.91. The Morgan fingerprint density at radius 3 is 2.29 bits per heavy atom. The van der Waals surface area contributed by atoms with Crippen LogP contribution < -0.4 is 5.73 Å². The number of halogens is 3. The number of hydrogen-bond acceptors (Lipinski definition) is 3. The number of aromatic nitrogens is 2. The third kappa shape index (κ3) is 2.68. The first-order chi connectivity index (χ1) is 11.3. The Labute approximate surface area is 137 Å². The topological polar surface area (TPSA) is 51.8 Å². The number of nitrogen functional groups attached to an aromatic ring is 1. The molecule has 0 aliphatic carbocycles. The molecular weight excluding hydrogens is 315 g/mol. The number of alkyl halides is 3. The molecule has 1 aromatic heterocycles. The zero-order chi connectivity index (χ0) is 17.5. The highest BCUT2D eigenvalue weighted by molar-refractivity contribution is 5.92. The van der Waals surface area contributed by atoms with E-state index in [1.54, 1.807) is 6.07 Å². The Bertz CT molecular complexity index is 904. The van der Waals surface area contributed by atoms with Gasteiger partial charge in [-0.1, -0.05) is 43.3 Å². The molecular formula is C18H16F3N3. The van der Waals surface area contributed by atoms with Gasteiger partial charge < -0.3 is 5.73 Å². The number of rotatable bonds is 2. The average molecular weight is 331 g/mol. The molecule has 24 heavy (non-hydrogen) atoms. The maximum Gasteiger partial charge on any atom is 0.416 e. The summed E-state index contributed by atoms with van der Waals surface area (Å²) in [6, 6.07) is 11.6. The van der Waals surface area contributed by atoms with E-state index in [4.69, 9.17) is 5.73 Å². The number of nitrogens with two attached hydrogens (primary N) is 1. The molecule has 1 heterocycles. The van der Waals surface area contributed by atoms with Crippen molar-refractivity contribution in [2.45, 2.75) is 25.9 Å². The lowest BCUT2D eigenvalue weighted by atomic mass is 9.89. The van der Waals surface area contributed by atoms with E-state index >= 15 is 0 Å². The number of hydrogen-bond donors (Lipinski definition) is 1. The number of fused-ring (bicyclic) bond motifs is 1. The minimum Gasteiger partial charge on any atom is -0.382 e. The molecule has 3 nitrogen and oxygen atoms in total. The van der Waals surface area contributed by atoms with Crippen molar-refractivity contribution in [3.63, 3.8) is 0 Å². The van der Waals surface area contributed by atoms with Gasteiger partial charge >= 0.3 is 6.18 Å². The summed E-state index contributed by atoms with van der Waals surface area (Å²) in [5, 5.41) is 9.67. The maximum atomic E-state index is 13.2. The molecule has 1 unspecified atom stereocenters. The van der Waals surface area contributed by atoms with Crippen LogP contribution >= 0.6 is 0 Å². The third-order valence-electron chi connectivity index (χ3n) is 4.30. The second-order valence-electron chi connectivity index (χ2n) is 5.76. The number of nitrogens with zero attached hydrogens (tertiary/aromatic N) is 2. The third-order valence-corrected chi connectivity index (χ3v) is 4.30. The first kappa shape index (κ1) is 16.2. The van der Waals surface area contributed by atoms with Crippen molar-refractivity contribution in [2.24, 2.45) is 0 Å². The highest BCUT2D eigenvalue weighted by atomic mass is 19.4. The van der Waals surface area contributed by atoms with Crippen LogP contribution in [0.5, 0.6) is 0 Å². The summed E-state index contributed by atoms with van der Waals surface area (Å²) in [6.45, 7) is 3.32. The van der Waals surface area contributed by atoms with E-state index in [9.17, 15) is 13.2 Å². The molecule has 0 fully saturated rings. The molecule has 0 saturated carbocycles. The summed E-state index contributed by atoms with van der Waals surface area (Å²) in [5.74, 6) is -0.0346. The smallest absolute Gasteiger partial charge is 0.382 e. The normalized spacial score (nSPS) is 13.2. The van der Waals surface area contributed by atoms with Crippen LogP contribution in [-0.2, 0) is 6.18 Å². The van der Waals surface area contributed by atoms with Gasteiger partial charge in [0.1, 0.15) is 0 Å². The zero-order valence-corrected chi connectivity index (χ0v) is 13.2. The van der Waals surface area contributed by atoms with Gasteiger partial charge in [-0.05, 0) is 24.1 Å². The molecule has 2 aromatic carbocycles. The molecule has 0 saturated heterocycles.